The number of hydrogen-bond donors (Lipinski definition) is 0. The summed E-state index contributed by atoms with van der Waals surface area (Å²) in [5.74, 6) is 0.503. The van der Waals surface area contributed by atoms with Crippen LogP contribution in [0.5, 0.6) is 0 Å². The van der Waals surface area contributed by atoms with Crippen LogP contribution in [0.4, 0.5) is 4.79 Å². The molecule has 1 aliphatic heterocycles. The lowest BCUT2D eigenvalue weighted by atomic mass is 9.85. The van der Waals surface area contributed by atoms with E-state index in [1.165, 1.54) is 16.3 Å². The summed E-state index contributed by atoms with van der Waals surface area (Å²) in [6, 6.07) is 15.4. The average molecular weight is 325 g/mol. The molecule has 3 nitrogen and oxygen atoms in total. The van der Waals surface area contributed by atoms with Gasteiger partial charge in [0.25, 0.3) is 0 Å². The second-order valence-electron chi connectivity index (χ2n) is 7.85. The molecule has 0 unspecified atom stereocenters. The molecule has 2 aromatic carbocycles. The number of benzene rings is 2. The van der Waals surface area contributed by atoms with E-state index in [0.29, 0.717) is 5.92 Å². The monoisotopic (exact) mass is 325 g/mol. The number of piperidine rings is 1. The summed E-state index contributed by atoms with van der Waals surface area (Å²) in [5.41, 5.74) is 0.941. The van der Waals surface area contributed by atoms with Crippen molar-refractivity contribution in [2.75, 3.05) is 6.54 Å². The predicted octanol–water partition coefficient (Wildman–Crippen LogP) is 5.34. The van der Waals surface area contributed by atoms with Crippen LogP contribution in [0.25, 0.3) is 10.8 Å². The minimum atomic E-state index is -0.438. The van der Waals surface area contributed by atoms with Crippen molar-refractivity contribution in [3.05, 3.63) is 48.0 Å². The number of hydrogen-bond acceptors (Lipinski definition) is 2. The number of amides is 1. The molecule has 2 atom stereocenters. The molecule has 1 amide bonds. The summed E-state index contributed by atoms with van der Waals surface area (Å²) in [5, 5.41) is 2.57. The van der Waals surface area contributed by atoms with E-state index in [4.69, 9.17) is 4.74 Å². The minimum Gasteiger partial charge on any atom is -0.444 e. The quantitative estimate of drug-likeness (QED) is 0.708. The Labute approximate surface area is 144 Å². The lowest BCUT2D eigenvalue weighted by molar-refractivity contribution is 0.0104. The van der Waals surface area contributed by atoms with Crippen LogP contribution in [-0.4, -0.2) is 29.2 Å². The van der Waals surface area contributed by atoms with Crippen LogP contribution in [0.1, 0.15) is 52.0 Å². The molecule has 0 aromatic heterocycles. The first-order valence-electron chi connectivity index (χ1n) is 8.82. The Hall–Kier alpha value is -2.03. The maximum Gasteiger partial charge on any atom is 0.410 e. The smallest absolute Gasteiger partial charge is 0.410 e. The number of ether oxygens (including phenoxy) is 1. The first-order valence-corrected chi connectivity index (χ1v) is 8.82. The van der Waals surface area contributed by atoms with Crippen LogP contribution in [0.2, 0.25) is 0 Å². The van der Waals surface area contributed by atoms with Gasteiger partial charge in [-0.2, -0.15) is 0 Å². The van der Waals surface area contributed by atoms with Gasteiger partial charge in [0.1, 0.15) is 5.60 Å². The van der Waals surface area contributed by atoms with Gasteiger partial charge < -0.3 is 9.64 Å². The fourth-order valence-electron chi connectivity index (χ4n) is 3.53. The Morgan fingerprint density at radius 2 is 1.83 bits per heavy atom. The summed E-state index contributed by atoms with van der Waals surface area (Å²) < 4.78 is 5.53. The lowest BCUT2D eigenvalue weighted by Gasteiger charge is -2.38. The first-order chi connectivity index (χ1) is 11.3. The van der Waals surface area contributed by atoms with Gasteiger partial charge in [0.2, 0.25) is 0 Å². The van der Waals surface area contributed by atoms with E-state index < -0.39 is 5.60 Å². The maximum atomic E-state index is 12.3. The minimum absolute atomic E-state index is 0.188. The SMILES string of the molecule is C[C@H]1C[C@@H](c2ccc3ccccc3c2)CCN1C(=O)OC(C)(C)C. The van der Waals surface area contributed by atoms with E-state index in [1.54, 1.807) is 0 Å². The average Bonchev–Trinajstić information content (AvgIpc) is 2.52. The lowest BCUT2D eigenvalue weighted by Crippen LogP contribution is -2.46. The van der Waals surface area contributed by atoms with Gasteiger partial charge in [-0.15, -0.1) is 0 Å². The molecule has 0 bridgehead atoms. The van der Waals surface area contributed by atoms with Crippen LogP contribution >= 0.6 is 0 Å². The highest BCUT2D eigenvalue weighted by atomic mass is 16.6. The molecular weight excluding hydrogens is 298 g/mol. The third kappa shape index (κ3) is 3.72. The third-order valence-electron chi connectivity index (χ3n) is 4.75. The summed E-state index contributed by atoms with van der Waals surface area (Å²) in [4.78, 5) is 14.2. The third-order valence-corrected chi connectivity index (χ3v) is 4.75. The zero-order valence-corrected chi connectivity index (χ0v) is 15.1. The highest BCUT2D eigenvalue weighted by Crippen LogP contribution is 2.33. The Morgan fingerprint density at radius 1 is 1.12 bits per heavy atom. The van der Waals surface area contributed by atoms with Crippen LogP contribution in [-0.2, 0) is 4.74 Å². The number of nitrogens with zero attached hydrogens (tertiary/aromatic N) is 1. The molecule has 24 heavy (non-hydrogen) atoms. The number of rotatable bonds is 1. The van der Waals surface area contributed by atoms with Gasteiger partial charge in [-0.1, -0.05) is 42.5 Å². The highest BCUT2D eigenvalue weighted by Gasteiger charge is 2.32. The number of likely N-dealkylation sites (tertiary alicyclic amines) is 1. The van der Waals surface area contributed by atoms with Crippen LogP contribution in [0.15, 0.2) is 42.5 Å². The van der Waals surface area contributed by atoms with Gasteiger partial charge in [0.05, 0.1) is 0 Å². The van der Waals surface area contributed by atoms with E-state index in [9.17, 15) is 4.79 Å². The van der Waals surface area contributed by atoms with Gasteiger partial charge in [0.15, 0.2) is 0 Å². The number of carbonyl (C=O) groups is 1. The van der Waals surface area contributed by atoms with Gasteiger partial charge in [0, 0.05) is 12.6 Å². The summed E-state index contributed by atoms with van der Waals surface area (Å²) in [7, 11) is 0. The van der Waals surface area contributed by atoms with Crippen molar-refractivity contribution in [3.8, 4) is 0 Å². The van der Waals surface area contributed by atoms with Crippen molar-refractivity contribution in [2.24, 2.45) is 0 Å². The number of carbonyl (C=O) groups excluding carboxylic acids is 1. The molecule has 0 saturated carbocycles. The van der Waals surface area contributed by atoms with Crippen molar-refractivity contribution in [1.29, 1.82) is 0 Å². The largest absolute Gasteiger partial charge is 0.444 e. The van der Waals surface area contributed by atoms with Crippen molar-refractivity contribution >= 4 is 16.9 Å². The molecule has 2 aromatic rings. The Morgan fingerprint density at radius 3 is 2.50 bits per heavy atom. The standard InChI is InChI=1S/C21H27NO2/c1-15-13-19(11-12-22(15)20(23)24-21(2,3)4)18-10-9-16-7-5-6-8-17(16)14-18/h5-10,14-15,19H,11-13H2,1-4H3/t15-,19-/m0/s1. The molecule has 1 heterocycles. The van der Waals surface area contributed by atoms with E-state index in [0.717, 1.165) is 19.4 Å². The molecular formula is C21H27NO2. The molecule has 0 aliphatic carbocycles. The molecule has 1 saturated heterocycles. The van der Waals surface area contributed by atoms with Gasteiger partial charge in [-0.25, -0.2) is 4.79 Å². The molecule has 3 rings (SSSR count). The van der Waals surface area contributed by atoms with Crippen LogP contribution in [0, 0.1) is 0 Å². The van der Waals surface area contributed by atoms with Crippen molar-refractivity contribution in [2.45, 2.75) is 58.1 Å². The van der Waals surface area contributed by atoms with Gasteiger partial charge >= 0.3 is 6.09 Å². The molecule has 1 fully saturated rings. The zero-order chi connectivity index (χ0) is 17.3. The second-order valence-corrected chi connectivity index (χ2v) is 7.85. The Balaban J connectivity index is 1.71. The zero-order valence-electron chi connectivity index (χ0n) is 15.1. The highest BCUT2D eigenvalue weighted by molar-refractivity contribution is 5.83. The van der Waals surface area contributed by atoms with Gasteiger partial charge in [-0.3, -0.25) is 0 Å². The fourth-order valence-corrected chi connectivity index (χ4v) is 3.53. The van der Waals surface area contributed by atoms with Crippen molar-refractivity contribution < 1.29 is 9.53 Å². The van der Waals surface area contributed by atoms with Crippen molar-refractivity contribution in [1.82, 2.24) is 4.90 Å². The molecule has 3 heteroatoms. The molecule has 0 spiro atoms. The van der Waals surface area contributed by atoms with E-state index in [-0.39, 0.29) is 12.1 Å². The second kappa shape index (κ2) is 6.46. The van der Waals surface area contributed by atoms with E-state index >= 15 is 0 Å². The maximum absolute atomic E-state index is 12.3. The topological polar surface area (TPSA) is 29.5 Å². The summed E-state index contributed by atoms with van der Waals surface area (Å²) in [6.45, 7) is 8.62. The summed E-state index contributed by atoms with van der Waals surface area (Å²) >= 11 is 0. The molecule has 1 aliphatic rings. The number of fused-ring (bicyclic) bond motifs is 1. The Bertz CT molecular complexity index is 732. The summed E-state index contributed by atoms with van der Waals surface area (Å²) in [6.07, 6.45) is 1.78. The normalized spacial score (nSPS) is 21.8. The molecule has 128 valence electrons. The van der Waals surface area contributed by atoms with Crippen LogP contribution in [0.3, 0.4) is 0 Å². The van der Waals surface area contributed by atoms with Crippen molar-refractivity contribution in [3.63, 3.8) is 0 Å². The molecule has 0 N–H and O–H groups in total. The van der Waals surface area contributed by atoms with E-state index in [2.05, 4.69) is 49.4 Å². The first kappa shape index (κ1) is 16.8. The van der Waals surface area contributed by atoms with Crippen LogP contribution < -0.4 is 0 Å². The molecule has 0 radical (unpaired) electrons. The predicted molar refractivity (Wildman–Crippen MR) is 98.3 cm³/mol. The van der Waals surface area contributed by atoms with E-state index in [1.807, 2.05) is 25.7 Å². The Kier molecular flexibility index (Phi) is 4.53. The fraction of sp³-hybridized carbons (Fsp3) is 0.476. The van der Waals surface area contributed by atoms with Gasteiger partial charge in [-0.05, 0) is 62.8 Å².